The van der Waals surface area contributed by atoms with Gasteiger partial charge in [0.2, 0.25) is 5.91 Å². The third-order valence-electron chi connectivity index (χ3n) is 4.70. The molecule has 2 heterocycles. The molecule has 31 heavy (non-hydrogen) atoms. The summed E-state index contributed by atoms with van der Waals surface area (Å²) in [7, 11) is 1.62. The number of thiophene rings is 1. The lowest BCUT2D eigenvalue weighted by molar-refractivity contribution is -0.118. The summed E-state index contributed by atoms with van der Waals surface area (Å²) in [6, 6.07) is 19.1. The van der Waals surface area contributed by atoms with E-state index in [4.69, 9.17) is 4.74 Å². The number of amides is 1. The van der Waals surface area contributed by atoms with E-state index in [2.05, 4.69) is 10.3 Å². The maximum absolute atomic E-state index is 13.1. The van der Waals surface area contributed by atoms with E-state index in [9.17, 15) is 9.59 Å². The standard InChI is InChI=1S/C23H21N3O3S2/c1-29-18-9-7-17(8-10-18)14-26-22(28)21-19(11-12-30-21)25-23(26)31-15-20(27)24-13-16-5-3-2-4-6-16/h2-12H,13-15H2,1H3,(H,24,27). The van der Waals surface area contributed by atoms with Gasteiger partial charge < -0.3 is 10.1 Å². The summed E-state index contributed by atoms with van der Waals surface area (Å²) >= 11 is 2.65. The van der Waals surface area contributed by atoms with Crippen molar-refractivity contribution in [2.24, 2.45) is 0 Å². The van der Waals surface area contributed by atoms with Gasteiger partial charge in [-0.1, -0.05) is 54.2 Å². The van der Waals surface area contributed by atoms with E-state index in [0.29, 0.717) is 28.5 Å². The lowest BCUT2D eigenvalue weighted by Crippen LogP contribution is -2.26. The van der Waals surface area contributed by atoms with Crippen LogP contribution in [-0.2, 0) is 17.9 Å². The fourth-order valence-electron chi connectivity index (χ4n) is 3.06. The minimum Gasteiger partial charge on any atom is -0.497 e. The van der Waals surface area contributed by atoms with E-state index >= 15 is 0 Å². The van der Waals surface area contributed by atoms with Crippen molar-refractivity contribution in [2.45, 2.75) is 18.2 Å². The van der Waals surface area contributed by atoms with Gasteiger partial charge in [-0.05, 0) is 34.7 Å². The Hall–Kier alpha value is -3.10. The fraction of sp³-hybridized carbons (Fsp3) is 0.174. The molecule has 6 nitrogen and oxygen atoms in total. The van der Waals surface area contributed by atoms with Gasteiger partial charge in [0.25, 0.3) is 5.56 Å². The number of carbonyl (C=O) groups excluding carboxylic acids is 1. The Kier molecular flexibility index (Phi) is 6.69. The van der Waals surface area contributed by atoms with Crippen molar-refractivity contribution in [3.05, 3.63) is 87.5 Å². The summed E-state index contributed by atoms with van der Waals surface area (Å²) in [5.74, 6) is 0.828. The van der Waals surface area contributed by atoms with Gasteiger partial charge in [-0.15, -0.1) is 11.3 Å². The lowest BCUT2D eigenvalue weighted by Gasteiger charge is -2.12. The maximum Gasteiger partial charge on any atom is 0.272 e. The van der Waals surface area contributed by atoms with Crippen LogP contribution in [0.4, 0.5) is 0 Å². The average Bonchev–Trinajstić information content (AvgIpc) is 3.28. The molecule has 0 bridgehead atoms. The highest BCUT2D eigenvalue weighted by atomic mass is 32.2. The molecule has 8 heteroatoms. The quantitative estimate of drug-likeness (QED) is 0.325. The summed E-state index contributed by atoms with van der Waals surface area (Å²) in [6.07, 6.45) is 0. The number of carbonyl (C=O) groups is 1. The summed E-state index contributed by atoms with van der Waals surface area (Å²) < 4.78 is 7.46. The maximum atomic E-state index is 13.1. The van der Waals surface area contributed by atoms with Crippen LogP contribution in [0.1, 0.15) is 11.1 Å². The Morgan fingerprint density at radius 3 is 2.61 bits per heavy atom. The zero-order chi connectivity index (χ0) is 21.6. The van der Waals surface area contributed by atoms with Crippen molar-refractivity contribution in [1.29, 1.82) is 0 Å². The van der Waals surface area contributed by atoms with E-state index in [1.54, 1.807) is 11.7 Å². The zero-order valence-electron chi connectivity index (χ0n) is 16.9. The highest BCUT2D eigenvalue weighted by molar-refractivity contribution is 7.99. The summed E-state index contributed by atoms with van der Waals surface area (Å²) in [5, 5.41) is 5.30. The molecule has 2 aromatic carbocycles. The smallest absolute Gasteiger partial charge is 0.272 e. The topological polar surface area (TPSA) is 73.2 Å². The zero-order valence-corrected chi connectivity index (χ0v) is 18.5. The summed E-state index contributed by atoms with van der Waals surface area (Å²) in [6.45, 7) is 0.841. The van der Waals surface area contributed by atoms with Gasteiger partial charge in [-0.3, -0.25) is 14.2 Å². The van der Waals surface area contributed by atoms with E-state index < -0.39 is 0 Å². The van der Waals surface area contributed by atoms with Crippen LogP contribution in [0.5, 0.6) is 5.75 Å². The molecule has 1 amide bonds. The van der Waals surface area contributed by atoms with Crippen LogP contribution in [0.3, 0.4) is 0 Å². The molecule has 2 aromatic heterocycles. The molecule has 0 aliphatic carbocycles. The highest BCUT2D eigenvalue weighted by Gasteiger charge is 2.15. The number of ether oxygens (including phenoxy) is 1. The van der Waals surface area contributed by atoms with E-state index in [-0.39, 0.29) is 17.2 Å². The van der Waals surface area contributed by atoms with Gasteiger partial charge in [0.05, 0.1) is 24.9 Å². The van der Waals surface area contributed by atoms with E-state index in [1.165, 1.54) is 23.1 Å². The van der Waals surface area contributed by atoms with Crippen LogP contribution >= 0.6 is 23.1 Å². The minimum atomic E-state index is -0.107. The number of aromatic nitrogens is 2. The van der Waals surface area contributed by atoms with Crippen LogP contribution in [0.2, 0.25) is 0 Å². The molecule has 0 radical (unpaired) electrons. The Bertz CT molecular complexity index is 1230. The third-order valence-corrected chi connectivity index (χ3v) is 6.56. The number of hydrogen-bond acceptors (Lipinski definition) is 6. The van der Waals surface area contributed by atoms with Crippen molar-refractivity contribution < 1.29 is 9.53 Å². The monoisotopic (exact) mass is 451 g/mol. The van der Waals surface area contributed by atoms with Crippen molar-refractivity contribution in [1.82, 2.24) is 14.9 Å². The molecule has 4 aromatic rings. The molecule has 4 rings (SSSR count). The first kappa shape index (κ1) is 21.1. The van der Waals surface area contributed by atoms with Gasteiger partial charge in [-0.2, -0.15) is 0 Å². The number of nitrogens with zero attached hydrogens (tertiary/aromatic N) is 2. The molecule has 158 valence electrons. The largest absolute Gasteiger partial charge is 0.497 e. The van der Waals surface area contributed by atoms with E-state index in [1.807, 2.05) is 66.0 Å². The summed E-state index contributed by atoms with van der Waals surface area (Å²) in [4.78, 5) is 30.1. The number of methoxy groups -OCH3 is 1. The Balaban J connectivity index is 1.52. The molecule has 0 atom stereocenters. The van der Waals surface area contributed by atoms with Crippen LogP contribution in [0.15, 0.2) is 76.0 Å². The number of benzene rings is 2. The second-order valence-corrected chi connectivity index (χ2v) is 8.68. The van der Waals surface area contributed by atoms with Crippen molar-refractivity contribution >= 4 is 39.2 Å². The van der Waals surface area contributed by atoms with Gasteiger partial charge in [0.1, 0.15) is 10.4 Å². The number of thioether (sulfide) groups is 1. The number of rotatable bonds is 8. The molecule has 0 aliphatic heterocycles. The average molecular weight is 452 g/mol. The van der Waals surface area contributed by atoms with Crippen LogP contribution in [0.25, 0.3) is 10.2 Å². The molecule has 0 fully saturated rings. The normalized spacial score (nSPS) is 10.9. The van der Waals surface area contributed by atoms with Crippen molar-refractivity contribution in [2.75, 3.05) is 12.9 Å². The van der Waals surface area contributed by atoms with Gasteiger partial charge in [0.15, 0.2) is 5.16 Å². The van der Waals surface area contributed by atoms with Crippen LogP contribution < -0.4 is 15.6 Å². The molecule has 0 spiro atoms. The molecular formula is C23H21N3O3S2. The van der Waals surface area contributed by atoms with Gasteiger partial charge >= 0.3 is 0 Å². The second-order valence-electron chi connectivity index (χ2n) is 6.82. The Labute approximate surface area is 187 Å². The number of fused-ring (bicyclic) bond motifs is 1. The van der Waals surface area contributed by atoms with Crippen LogP contribution in [0, 0.1) is 0 Å². The Morgan fingerprint density at radius 1 is 1.10 bits per heavy atom. The molecule has 0 saturated carbocycles. The first-order valence-electron chi connectivity index (χ1n) is 9.68. The lowest BCUT2D eigenvalue weighted by atomic mass is 10.2. The Morgan fingerprint density at radius 2 is 1.87 bits per heavy atom. The van der Waals surface area contributed by atoms with E-state index in [0.717, 1.165) is 16.9 Å². The molecule has 0 saturated heterocycles. The molecular weight excluding hydrogens is 430 g/mol. The van der Waals surface area contributed by atoms with Crippen molar-refractivity contribution in [3.8, 4) is 5.75 Å². The van der Waals surface area contributed by atoms with Crippen LogP contribution in [-0.4, -0.2) is 28.3 Å². The first-order valence-corrected chi connectivity index (χ1v) is 11.5. The first-order chi connectivity index (χ1) is 15.1. The predicted octanol–water partition coefficient (Wildman–Crippen LogP) is 3.92. The molecule has 0 unspecified atom stereocenters. The predicted molar refractivity (Wildman–Crippen MR) is 125 cm³/mol. The van der Waals surface area contributed by atoms with Crippen molar-refractivity contribution in [3.63, 3.8) is 0 Å². The minimum absolute atomic E-state index is 0.0944. The third kappa shape index (κ3) is 5.15. The number of hydrogen-bond donors (Lipinski definition) is 1. The number of nitrogens with one attached hydrogen (secondary N) is 1. The second kappa shape index (κ2) is 9.80. The fourth-order valence-corrected chi connectivity index (χ4v) is 4.67. The highest BCUT2D eigenvalue weighted by Crippen LogP contribution is 2.22. The summed E-state index contributed by atoms with van der Waals surface area (Å²) in [5.41, 5.74) is 2.56. The van der Waals surface area contributed by atoms with Gasteiger partial charge in [0, 0.05) is 6.54 Å². The molecule has 0 aliphatic rings. The van der Waals surface area contributed by atoms with Gasteiger partial charge in [-0.25, -0.2) is 4.98 Å². The SMILES string of the molecule is COc1ccc(Cn2c(SCC(=O)NCc3ccccc3)nc3ccsc3c2=O)cc1. The molecule has 1 N–H and O–H groups in total.